The first kappa shape index (κ1) is 26.7. The molecule has 3 aromatic rings. The molecule has 4 unspecified atom stereocenters. The Kier molecular flexibility index (Phi) is 6.51. The van der Waals surface area contributed by atoms with Crippen molar-refractivity contribution in [3.05, 3.63) is 73.4 Å². The van der Waals surface area contributed by atoms with Gasteiger partial charge in [-0.25, -0.2) is 9.18 Å². The number of carbonyl (C=O) groups excluding carboxylic acids is 3. The molecule has 41 heavy (non-hydrogen) atoms. The van der Waals surface area contributed by atoms with Crippen molar-refractivity contribution in [2.45, 2.75) is 29.5 Å². The van der Waals surface area contributed by atoms with Crippen LogP contribution in [-0.2, 0) is 19.1 Å². The Morgan fingerprint density at radius 1 is 1.10 bits per heavy atom. The number of benzene rings is 2. The van der Waals surface area contributed by atoms with E-state index in [4.69, 9.17) is 21.1 Å². The van der Waals surface area contributed by atoms with Crippen LogP contribution in [0.4, 0.5) is 10.1 Å². The molecule has 0 spiro atoms. The summed E-state index contributed by atoms with van der Waals surface area (Å²) in [5, 5.41) is 1.18. The standard InChI is InChI=1S/C29H24ClFN2O6S2/c1-2-38-19(34)11-39-18-8-3-12(30)9-15(18)20-21-16-10-17(24(21)40-26-25(20)41-29(37)32-26)23-22(16)27(35)33(28(23)36)14-6-4-13(31)5-7-14/h3-9,16-17,20-24H,2,10-11H2,1H3,(H,32,37)/t16-,17-,20-,21?,22?,23?,24?/m1/s1. The minimum Gasteiger partial charge on any atom is -0.482 e. The number of thiazole rings is 1. The SMILES string of the molecule is CCOC(=O)COc1ccc(Cl)cc1[C@H]1c2sc(=O)[nH]c2SC2C1[C@H]1C[C@@H]2C2C(=O)N(c3ccc(F)cc3)C(=O)C21. The van der Waals surface area contributed by atoms with Gasteiger partial charge in [-0.05, 0) is 73.6 Å². The number of hydrogen-bond donors (Lipinski definition) is 1. The largest absolute Gasteiger partial charge is 0.482 e. The summed E-state index contributed by atoms with van der Waals surface area (Å²) < 4.78 is 24.6. The number of halogens is 2. The van der Waals surface area contributed by atoms with Crippen molar-refractivity contribution in [2.24, 2.45) is 29.6 Å². The number of amides is 2. The highest BCUT2D eigenvalue weighted by molar-refractivity contribution is 8.00. The van der Waals surface area contributed by atoms with Crippen molar-refractivity contribution >= 4 is 58.2 Å². The number of aromatic amines is 1. The van der Waals surface area contributed by atoms with E-state index in [2.05, 4.69) is 4.98 Å². The first-order valence-electron chi connectivity index (χ1n) is 13.4. The molecule has 1 saturated heterocycles. The van der Waals surface area contributed by atoms with Gasteiger partial charge in [0.1, 0.15) is 11.6 Å². The van der Waals surface area contributed by atoms with Crippen LogP contribution in [0, 0.1) is 35.4 Å². The average molecular weight is 615 g/mol. The molecule has 2 aliphatic carbocycles. The maximum Gasteiger partial charge on any atom is 0.344 e. The summed E-state index contributed by atoms with van der Waals surface area (Å²) in [6.45, 7) is 1.66. The van der Waals surface area contributed by atoms with Crippen LogP contribution < -0.4 is 14.5 Å². The van der Waals surface area contributed by atoms with E-state index < -0.39 is 23.6 Å². The first-order chi connectivity index (χ1) is 19.8. The quantitative estimate of drug-likeness (QED) is 0.313. The Morgan fingerprint density at radius 3 is 2.56 bits per heavy atom. The molecule has 212 valence electrons. The van der Waals surface area contributed by atoms with Crippen LogP contribution in [0.3, 0.4) is 0 Å². The summed E-state index contributed by atoms with van der Waals surface area (Å²) >= 11 is 9.17. The van der Waals surface area contributed by atoms with Crippen LogP contribution in [0.15, 0.2) is 52.3 Å². The fraction of sp³-hybridized carbons (Fsp3) is 0.379. The Balaban J connectivity index is 1.30. The number of hydrogen-bond acceptors (Lipinski definition) is 8. The summed E-state index contributed by atoms with van der Waals surface area (Å²) in [6, 6.07) is 10.6. The minimum absolute atomic E-state index is 0.0363. The number of esters is 1. The van der Waals surface area contributed by atoms with Crippen molar-refractivity contribution in [3.8, 4) is 5.75 Å². The molecule has 7 rings (SSSR count). The summed E-state index contributed by atoms with van der Waals surface area (Å²) in [6.07, 6.45) is 0.710. The van der Waals surface area contributed by atoms with Crippen LogP contribution in [0.2, 0.25) is 5.02 Å². The van der Waals surface area contributed by atoms with Crippen molar-refractivity contribution < 1.29 is 28.2 Å². The Hall–Kier alpha value is -3.15. The second-order valence-corrected chi connectivity index (χ2v) is 13.4. The highest BCUT2D eigenvalue weighted by Crippen LogP contribution is 2.69. The third-order valence-corrected chi connectivity index (χ3v) is 11.6. The molecule has 2 aliphatic heterocycles. The van der Waals surface area contributed by atoms with E-state index in [0.29, 0.717) is 22.9 Å². The monoisotopic (exact) mass is 614 g/mol. The molecule has 3 fully saturated rings. The van der Waals surface area contributed by atoms with Crippen molar-refractivity contribution in [2.75, 3.05) is 18.1 Å². The zero-order chi connectivity index (χ0) is 28.6. The molecule has 2 saturated carbocycles. The zero-order valence-electron chi connectivity index (χ0n) is 21.7. The number of thioether (sulfide) groups is 1. The number of H-pyrrole nitrogens is 1. The normalized spacial score (nSPS) is 29.3. The van der Waals surface area contributed by atoms with E-state index in [-0.39, 0.29) is 58.8 Å². The number of anilines is 1. The summed E-state index contributed by atoms with van der Waals surface area (Å²) in [5.41, 5.74) is 1.10. The molecule has 7 atom stereocenters. The highest BCUT2D eigenvalue weighted by atomic mass is 35.5. The fourth-order valence-electron chi connectivity index (χ4n) is 7.44. The van der Waals surface area contributed by atoms with Gasteiger partial charge >= 0.3 is 10.8 Å². The van der Waals surface area contributed by atoms with Crippen LogP contribution in [0.25, 0.3) is 0 Å². The van der Waals surface area contributed by atoms with Gasteiger partial charge in [0.05, 0.1) is 29.2 Å². The molecule has 0 radical (unpaired) electrons. The van der Waals surface area contributed by atoms with Crippen LogP contribution in [-0.4, -0.2) is 41.2 Å². The maximum atomic E-state index is 13.9. The molecule has 8 nitrogen and oxygen atoms in total. The fourth-order valence-corrected chi connectivity index (χ4v) is 10.5. The lowest BCUT2D eigenvalue weighted by Crippen LogP contribution is -2.42. The van der Waals surface area contributed by atoms with Crippen molar-refractivity contribution in [1.82, 2.24) is 4.98 Å². The Bertz CT molecular complexity index is 1640. The first-order valence-corrected chi connectivity index (χ1v) is 15.4. The molecule has 2 aromatic carbocycles. The lowest BCUT2D eigenvalue weighted by molar-refractivity contribution is -0.145. The predicted octanol–water partition coefficient (Wildman–Crippen LogP) is 4.85. The van der Waals surface area contributed by atoms with E-state index in [9.17, 15) is 23.6 Å². The van der Waals surface area contributed by atoms with Crippen LogP contribution >= 0.6 is 34.7 Å². The average Bonchev–Trinajstić information content (AvgIpc) is 3.67. The van der Waals surface area contributed by atoms with Gasteiger partial charge in [0.15, 0.2) is 6.61 Å². The highest BCUT2D eigenvalue weighted by Gasteiger charge is 2.69. The predicted molar refractivity (Wildman–Crippen MR) is 151 cm³/mol. The molecule has 4 aliphatic rings. The molecule has 1 aromatic heterocycles. The van der Waals surface area contributed by atoms with Gasteiger partial charge in [0.2, 0.25) is 11.8 Å². The molecule has 3 heterocycles. The van der Waals surface area contributed by atoms with Crippen LogP contribution in [0.1, 0.15) is 29.7 Å². The number of ether oxygens (including phenoxy) is 2. The third-order valence-electron chi connectivity index (χ3n) is 8.77. The van der Waals surface area contributed by atoms with E-state index in [1.165, 1.54) is 29.2 Å². The minimum atomic E-state index is -0.512. The molecular formula is C29H24ClFN2O6S2. The number of aromatic nitrogens is 1. The maximum absolute atomic E-state index is 13.9. The summed E-state index contributed by atoms with van der Waals surface area (Å²) in [7, 11) is 0. The van der Waals surface area contributed by atoms with Crippen molar-refractivity contribution in [3.63, 3.8) is 0 Å². The van der Waals surface area contributed by atoms with Gasteiger partial charge in [-0.2, -0.15) is 0 Å². The van der Waals surface area contributed by atoms with E-state index in [0.717, 1.165) is 26.8 Å². The van der Waals surface area contributed by atoms with Crippen molar-refractivity contribution in [1.29, 1.82) is 0 Å². The Morgan fingerprint density at radius 2 is 1.83 bits per heavy atom. The van der Waals surface area contributed by atoms with Gasteiger partial charge in [-0.1, -0.05) is 22.9 Å². The lowest BCUT2D eigenvalue weighted by Gasteiger charge is -2.43. The number of imide groups is 1. The van der Waals surface area contributed by atoms with E-state index in [1.807, 2.05) is 0 Å². The number of fused-ring (bicyclic) bond motifs is 9. The number of nitrogens with zero attached hydrogens (tertiary/aromatic N) is 1. The topological polar surface area (TPSA) is 106 Å². The molecular weight excluding hydrogens is 591 g/mol. The summed E-state index contributed by atoms with van der Waals surface area (Å²) in [4.78, 5) is 57.1. The Labute approximate surface area is 247 Å². The van der Waals surface area contributed by atoms with Gasteiger partial charge in [0, 0.05) is 26.6 Å². The molecule has 2 amide bonds. The van der Waals surface area contributed by atoms with Gasteiger partial charge < -0.3 is 14.5 Å². The smallest absolute Gasteiger partial charge is 0.344 e. The van der Waals surface area contributed by atoms with Gasteiger partial charge in [0.25, 0.3) is 0 Å². The zero-order valence-corrected chi connectivity index (χ0v) is 24.1. The number of carbonyl (C=O) groups is 3. The lowest BCUT2D eigenvalue weighted by atomic mass is 9.68. The third kappa shape index (κ3) is 4.15. The summed E-state index contributed by atoms with van der Waals surface area (Å²) in [5.74, 6) is -2.63. The second kappa shape index (κ2) is 9.99. The van der Waals surface area contributed by atoms with Gasteiger partial charge in [-0.3, -0.25) is 19.3 Å². The number of rotatable bonds is 6. The second-order valence-electron chi connectivity index (χ2n) is 10.7. The molecule has 2 bridgehead atoms. The van der Waals surface area contributed by atoms with Gasteiger partial charge in [-0.15, -0.1) is 11.8 Å². The van der Waals surface area contributed by atoms with E-state index >= 15 is 0 Å². The molecule has 12 heteroatoms. The van der Waals surface area contributed by atoms with E-state index in [1.54, 1.807) is 36.9 Å². The number of nitrogens with one attached hydrogen (secondary N) is 1. The van der Waals surface area contributed by atoms with Crippen LogP contribution in [0.5, 0.6) is 5.75 Å². The molecule has 1 N–H and O–H groups in total.